The fourth-order valence-electron chi connectivity index (χ4n) is 3.78. The Kier molecular flexibility index (Phi) is 5.40. The monoisotopic (exact) mass is 415 g/mol. The molecule has 0 radical (unpaired) electrons. The van der Waals surface area contributed by atoms with Gasteiger partial charge in [0, 0.05) is 17.4 Å². The van der Waals surface area contributed by atoms with Crippen LogP contribution in [0.1, 0.15) is 70.7 Å². The molecule has 0 aliphatic carbocycles. The van der Waals surface area contributed by atoms with Gasteiger partial charge in [-0.05, 0) is 43.4 Å². The molecule has 4 rings (SSSR count). The number of pyridine rings is 1. The van der Waals surface area contributed by atoms with Crippen LogP contribution in [0.25, 0.3) is 20.4 Å². The molecule has 4 nitrogen and oxygen atoms in total. The largest absolute Gasteiger partial charge is 0.370 e. The van der Waals surface area contributed by atoms with Crippen molar-refractivity contribution < 1.29 is 4.74 Å². The lowest BCUT2D eigenvalue weighted by Crippen LogP contribution is -2.32. The molecule has 0 saturated heterocycles. The lowest BCUT2D eigenvalue weighted by molar-refractivity contribution is -0.0402. The molecule has 1 aliphatic rings. The van der Waals surface area contributed by atoms with E-state index in [4.69, 9.17) is 14.7 Å². The van der Waals surface area contributed by atoms with E-state index in [1.807, 2.05) is 11.8 Å². The molecule has 0 amide bonds. The Balaban J connectivity index is 1.91. The molecule has 150 valence electrons. The summed E-state index contributed by atoms with van der Waals surface area (Å²) in [4.78, 5) is 15.5. The summed E-state index contributed by atoms with van der Waals surface area (Å²) < 4.78 is 7.33. The maximum Gasteiger partial charge on any atom is 0.126 e. The molecule has 3 aromatic rings. The van der Waals surface area contributed by atoms with E-state index in [2.05, 4.69) is 46.5 Å². The molecule has 0 aromatic carbocycles. The highest BCUT2D eigenvalue weighted by Gasteiger charge is 2.32. The predicted octanol–water partition coefficient (Wildman–Crippen LogP) is 6.35. The molecule has 0 atom stereocenters. The second-order valence-corrected chi connectivity index (χ2v) is 11.1. The average Bonchev–Trinajstić information content (AvgIpc) is 2.99. The van der Waals surface area contributed by atoms with Crippen LogP contribution in [0.2, 0.25) is 0 Å². The quantitative estimate of drug-likeness (QED) is 0.359. The number of hydrogen-bond donors (Lipinski definition) is 0. The standard InChI is InChI=1S/C22H29N3OS2/c1-12(2)7-8-27-21-19-18(23-11-24-21)16-14-9-22(5,6)26-10-15(14)17(13(3)4)25-20(16)28-19/h11-13H,7-10H2,1-6H3. The molecular formula is C22H29N3OS2. The third kappa shape index (κ3) is 3.66. The van der Waals surface area contributed by atoms with E-state index < -0.39 is 0 Å². The highest BCUT2D eigenvalue weighted by Crippen LogP contribution is 2.43. The van der Waals surface area contributed by atoms with Crippen LogP contribution < -0.4 is 0 Å². The fourth-order valence-corrected chi connectivity index (χ4v) is 6.27. The Hall–Kier alpha value is -1.24. The summed E-state index contributed by atoms with van der Waals surface area (Å²) >= 11 is 3.60. The van der Waals surface area contributed by atoms with Crippen molar-refractivity contribution in [3.05, 3.63) is 23.1 Å². The lowest BCUT2D eigenvalue weighted by Gasteiger charge is -2.33. The minimum Gasteiger partial charge on any atom is -0.370 e. The summed E-state index contributed by atoms with van der Waals surface area (Å²) in [7, 11) is 0. The normalized spacial score (nSPS) is 16.4. The van der Waals surface area contributed by atoms with Gasteiger partial charge in [0.15, 0.2) is 0 Å². The van der Waals surface area contributed by atoms with Gasteiger partial charge in [-0.15, -0.1) is 23.1 Å². The summed E-state index contributed by atoms with van der Waals surface area (Å²) in [6.07, 6.45) is 3.81. The Labute approximate surface area is 175 Å². The molecule has 28 heavy (non-hydrogen) atoms. The minimum absolute atomic E-state index is 0.161. The minimum atomic E-state index is -0.161. The second-order valence-electron chi connectivity index (χ2n) is 9.00. The van der Waals surface area contributed by atoms with E-state index >= 15 is 0 Å². The zero-order chi connectivity index (χ0) is 20.1. The summed E-state index contributed by atoms with van der Waals surface area (Å²) in [5, 5.41) is 2.32. The van der Waals surface area contributed by atoms with Crippen molar-refractivity contribution in [1.82, 2.24) is 15.0 Å². The molecule has 0 saturated carbocycles. The highest BCUT2D eigenvalue weighted by molar-refractivity contribution is 7.99. The van der Waals surface area contributed by atoms with Gasteiger partial charge in [0.05, 0.1) is 28.1 Å². The van der Waals surface area contributed by atoms with E-state index in [1.165, 1.54) is 33.3 Å². The fraction of sp³-hybridized carbons (Fsp3) is 0.591. The number of thiophene rings is 1. The summed E-state index contributed by atoms with van der Waals surface area (Å²) in [5.41, 5.74) is 4.73. The van der Waals surface area contributed by atoms with Gasteiger partial charge in [0.1, 0.15) is 16.2 Å². The predicted molar refractivity (Wildman–Crippen MR) is 120 cm³/mol. The SMILES string of the molecule is CC(C)CCSc1ncnc2c1sc1nc(C(C)C)c3c(c12)CC(C)(C)OC3. The number of fused-ring (bicyclic) bond motifs is 5. The van der Waals surface area contributed by atoms with Crippen LogP contribution in [-0.4, -0.2) is 26.3 Å². The van der Waals surface area contributed by atoms with Gasteiger partial charge in [-0.25, -0.2) is 15.0 Å². The Morgan fingerprint density at radius 3 is 2.68 bits per heavy atom. The molecule has 4 heterocycles. The molecule has 0 bridgehead atoms. The van der Waals surface area contributed by atoms with Crippen molar-refractivity contribution in [2.45, 2.75) is 77.5 Å². The Morgan fingerprint density at radius 2 is 1.96 bits per heavy atom. The van der Waals surface area contributed by atoms with Crippen molar-refractivity contribution >= 4 is 43.5 Å². The number of hydrogen-bond acceptors (Lipinski definition) is 6. The third-order valence-electron chi connectivity index (χ3n) is 5.31. The van der Waals surface area contributed by atoms with Crippen LogP contribution in [0, 0.1) is 5.92 Å². The molecule has 0 N–H and O–H groups in total. The zero-order valence-corrected chi connectivity index (χ0v) is 19.3. The van der Waals surface area contributed by atoms with Crippen LogP contribution in [0.4, 0.5) is 0 Å². The van der Waals surface area contributed by atoms with Crippen molar-refractivity contribution in [2.24, 2.45) is 5.92 Å². The first-order valence-corrected chi connectivity index (χ1v) is 11.9. The maximum atomic E-state index is 6.15. The van der Waals surface area contributed by atoms with Gasteiger partial charge in [-0.3, -0.25) is 0 Å². The molecule has 0 fully saturated rings. The Bertz CT molecular complexity index is 1020. The molecule has 0 unspecified atom stereocenters. The maximum absolute atomic E-state index is 6.15. The van der Waals surface area contributed by atoms with Gasteiger partial charge >= 0.3 is 0 Å². The topological polar surface area (TPSA) is 47.9 Å². The second kappa shape index (κ2) is 7.54. The van der Waals surface area contributed by atoms with Crippen molar-refractivity contribution in [2.75, 3.05) is 5.75 Å². The van der Waals surface area contributed by atoms with Gasteiger partial charge < -0.3 is 4.74 Å². The van der Waals surface area contributed by atoms with Crippen LogP contribution in [0.5, 0.6) is 0 Å². The number of rotatable bonds is 5. The Morgan fingerprint density at radius 1 is 1.18 bits per heavy atom. The van der Waals surface area contributed by atoms with E-state index in [0.29, 0.717) is 18.4 Å². The number of aromatic nitrogens is 3. The molecule has 0 spiro atoms. The van der Waals surface area contributed by atoms with Crippen LogP contribution in [0.3, 0.4) is 0 Å². The first kappa shape index (κ1) is 20.0. The van der Waals surface area contributed by atoms with Gasteiger partial charge in [0.25, 0.3) is 0 Å². The zero-order valence-electron chi connectivity index (χ0n) is 17.6. The van der Waals surface area contributed by atoms with E-state index in [0.717, 1.165) is 27.5 Å². The summed E-state index contributed by atoms with van der Waals surface area (Å²) in [6.45, 7) is 14.0. The molecule has 6 heteroatoms. The molecule has 3 aromatic heterocycles. The smallest absolute Gasteiger partial charge is 0.126 e. The first-order valence-electron chi connectivity index (χ1n) is 10.1. The van der Waals surface area contributed by atoms with Gasteiger partial charge in [-0.1, -0.05) is 27.7 Å². The first-order chi connectivity index (χ1) is 13.3. The molecule has 1 aliphatic heterocycles. The van der Waals surface area contributed by atoms with E-state index in [1.54, 1.807) is 17.7 Å². The number of ether oxygens (including phenoxy) is 1. The highest BCUT2D eigenvalue weighted by atomic mass is 32.2. The molecular weight excluding hydrogens is 386 g/mol. The van der Waals surface area contributed by atoms with Gasteiger partial charge in [-0.2, -0.15) is 0 Å². The van der Waals surface area contributed by atoms with Crippen LogP contribution >= 0.6 is 23.1 Å². The van der Waals surface area contributed by atoms with Gasteiger partial charge in [0.2, 0.25) is 0 Å². The summed E-state index contributed by atoms with van der Waals surface area (Å²) in [6, 6.07) is 0. The van der Waals surface area contributed by atoms with Crippen molar-refractivity contribution in [3.63, 3.8) is 0 Å². The van der Waals surface area contributed by atoms with Crippen LogP contribution in [-0.2, 0) is 17.8 Å². The van der Waals surface area contributed by atoms with E-state index in [9.17, 15) is 0 Å². The third-order valence-corrected chi connectivity index (χ3v) is 7.54. The number of nitrogens with zero attached hydrogens (tertiary/aromatic N) is 3. The lowest BCUT2D eigenvalue weighted by atomic mass is 9.87. The summed E-state index contributed by atoms with van der Waals surface area (Å²) in [5.74, 6) is 2.16. The van der Waals surface area contributed by atoms with Crippen molar-refractivity contribution in [1.29, 1.82) is 0 Å². The van der Waals surface area contributed by atoms with Crippen LogP contribution in [0.15, 0.2) is 11.4 Å². The average molecular weight is 416 g/mol. The van der Waals surface area contributed by atoms with Crippen molar-refractivity contribution in [3.8, 4) is 0 Å². The van der Waals surface area contributed by atoms with E-state index in [-0.39, 0.29) is 5.60 Å². The number of thioether (sulfide) groups is 1.